The van der Waals surface area contributed by atoms with Gasteiger partial charge in [0.25, 0.3) is 0 Å². The summed E-state index contributed by atoms with van der Waals surface area (Å²) in [6, 6.07) is 4.45. The van der Waals surface area contributed by atoms with Crippen molar-refractivity contribution in [2.24, 2.45) is 0 Å². The van der Waals surface area contributed by atoms with E-state index in [2.05, 4.69) is 11.3 Å². The van der Waals surface area contributed by atoms with Crippen LogP contribution < -0.4 is 4.74 Å². The highest BCUT2D eigenvalue weighted by Gasteiger charge is 2.11. The zero-order valence-electron chi connectivity index (χ0n) is 9.10. The number of carbonyl (C=O) groups excluding carboxylic acids is 1. The Morgan fingerprint density at radius 2 is 2.31 bits per heavy atom. The first-order chi connectivity index (χ1) is 7.69. The Labute approximate surface area is 94.1 Å². The molecule has 0 aliphatic heterocycles. The van der Waals surface area contributed by atoms with Crippen molar-refractivity contribution in [3.05, 3.63) is 36.4 Å². The Bertz CT molecular complexity index is 385. The molecular weight excluding hydrogens is 208 g/mol. The molecule has 0 saturated carbocycles. The van der Waals surface area contributed by atoms with Gasteiger partial charge in [0.15, 0.2) is 0 Å². The van der Waals surface area contributed by atoms with Crippen molar-refractivity contribution in [1.82, 2.24) is 0 Å². The normalized spacial score (nSPS) is 9.56. The molecule has 4 heteroatoms. The Morgan fingerprint density at radius 3 is 2.88 bits per heavy atom. The van der Waals surface area contributed by atoms with Gasteiger partial charge in [-0.05, 0) is 18.6 Å². The molecule has 1 aromatic carbocycles. The van der Waals surface area contributed by atoms with Crippen LogP contribution in [0.4, 0.5) is 0 Å². The number of aromatic hydroxyl groups is 1. The molecule has 0 spiro atoms. The maximum absolute atomic E-state index is 11.2. The number of carbonyl (C=O) groups is 1. The topological polar surface area (TPSA) is 55.8 Å². The number of hydrogen-bond donors (Lipinski definition) is 1. The molecule has 0 fully saturated rings. The molecule has 0 saturated heterocycles. The lowest BCUT2D eigenvalue weighted by Gasteiger charge is -2.07. The minimum atomic E-state index is -0.574. The molecule has 0 bridgehead atoms. The molecule has 0 unspecified atom stereocenters. The van der Waals surface area contributed by atoms with E-state index in [0.29, 0.717) is 12.4 Å². The molecule has 0 amide bonds. The summed E-state index contributed by atoms with van der Waals surface area (Å²) in [6.45, 7) is 4.05. The molecule has 1 aromatic rings. The van der Waals surface area contributed by atoms with Gasteiger partial charge < -0.3 is 14.6 Å². The van der Waals surface area contributed by atoms with Crippen LogP contribution in [0.5, 0.6) is 11.5 Å². The van der Waals surface area contributed by atoms with Crippen molar-refractivity contribution in [3.8, 4) is 11.5 Å². The summed E-state index contributed by atoms with van der Waals surface area (Å²) in [5.74, 6) is -0.218. The first kappa shape index (κ1) is 12.1. The number of rotatable bonds is 5. The standard InChI is InChI=1S/C12H14O4/c1-3-4-7-16-9-5-6-10(11(13)8-9)12(14)15-2/h3,5-6,8,13H,1,4,7H2,2H3. The third-order valence-corrected chi connectivity index (χ3v) is 1.97. The van der Waals surface area contributed by atoms with E-state index in [0.717, 1.165) is 6.42 Å². The van der Waals surface area contributed by atoms with Crippen LogP contribution >= 0.6 is 0 Å². The highest BCUT2D eigenvalue weighted by atomic mass is 16.5. The summed E-state index contributed by atoms with van der Waals surface area (Å²) in [6.07, 6.45) is 2.46. The third-order valence-electron chi connectivity index (χ3n) is 1.97. The molecule has 0 aliphatic rings. The number of benzene rings is 1. The first-order valence-corrected chi connectivity index (χ1v) is 4.84. The van der Waals surface area contributed by atoms with Gasteiger partial charge in [0.05, 0.1) is 13.7 Å². The van der Waals surface area contributed by atoms with E-state index in [1.54, 1.807) is 12.1 Å². The van der Waals surface area contributed by atoms with Crippen LogP contribution in [0.3, 0.4) is 0 Å². The van der Waals surface area contributed by atoms with E-state index in [1.165, 1.54) is 19.2 Å². The average Bonchev–Trinajstić information content (AvgIpc) is 2.29. The Hall–Kier alpha value is -1.97. The second-order valence-electron chi connectivity index (χ2n) is 3.10. The molecule has 0 aliphatic carbocycles. The predicted molar refractivity (Wildman–Crippen MR) is 59.8 cm³/mol. The molecule has 0 aromatic heterocycles. The van der Waals surface area contributed by atoms with Crippen LogP contribution in [-0.4, -0.2) is 24.8 Å². The Kier molecular flexibility index (Phi) is 4.39. The van der Waals surface area contributed by atoms with E-state index in [-0.39, 0.29) is 11.3 Å². The zero-order valence-corrected chi connectivity index (χ0v) is 9.10. The van der Waals surface area contributed by atoms with Crippen molar-refractivity contribution in [2.45, 2.75) is 6.42 Å². The highest BCUT2D eigenvalue weighted by molar-refractivity contribution is 5.92. The van der Waals surface area contributed by atoms with Gasteiger partial charge in [0.2, 0.25) is 0 Å². The van der Waals surface area contributed by atoms with Gasteiger partial charge >= 0.3 is 5.97 Å². The van der Waals surface area contributed by atoms with Crippen molar-refractivity contribution < 1.29 is 19.4 Å². The minimum Gasteiger partial charge on any atom is -0.507 e. The Balaban J connectivity index is 2.74. The van der Waals surface area contributed by atoms with Crippen molar-refractivity contribution in [2.75, 3.05) is 13.7 Å². The van der Waals surface area contributed by atoms with Crippen molar-refractivity contribution in [3.63, 3.8) is 0 Å². The highest BCUT2D eigenvalue weighted by Crippen LogP contribution is 2.24. The van der Waals surface area contributed by atoms with Gasteiger partial charge in [-0.2, -0.15) is 0 Å². The zero-order chi connectivity index (χ0) is 12.0. The third kappa shape index (κ3) is 3.02. The molecule has 1 N–H and O–H groups in total. The fraction of sp³-hybridized carbons (Fsp3) is 0.250. The maximum atomic E-state index is 11.2. The molecule has 86 valence electrons. The lowest BCUT2D eigenvalue weighted by Crippen LogP contribution is -2.02. The summed E-state index contributed by atoms with van der Waals surface area (Å²) in [7, 11) is 1.26. The smallest absolute Gasteiger partial charge is 0.341 e. The fourth-order valence-corrected chi connectivity index (χ4v) is 1.14. The molecular formula is C12H14O4. The lowest BCUT2D eigenvalue weighted by molar-refractivity contribution is 0.0597. The van der Waals surface area contributed by atoms with Gasteiger partial charge in [-0.3, -0.25) is 0 Å². The van der Waals surface area contributed by atoms with Gasteiger partial charge in [-0.1, -0.05) is 6.08 Å². The van der Waals surface area contributed by atoms with Gasteiger partial charge in [-0.15, -0.1) is 6.58 Å². The maximum Gasteiger partial charge on any atom is 0.341 e. The number of hydrogen-bond acceptors (Lipinski definition) is 4. The minimum absolute atomic E-state index is 0.124. The van der Waals surface area contributed by atoms with E-state index in [1.807, 2.05) is 0 Å². The van der Waals surface area contributed by atoms with E-state index < -0.39 is 5.97 Å². The predicted octanol–water partition coefficient (Wildman–Crippen LogP) is 2.13. The summed E-state index contributed by atoms with van der Waals surface area (Å²) < 4.78 is 9.81. The van der Waals surface area contributed by atoms with E-state index >= 15 is 0 Å². The largest absolute Gasteiger partial charge is 0.507 e. The van der Waals surface area contributed by atoms with E-state index in [4.69, 9.17) is 4.74 Å². The molecule has 16 heavy (non-hydrogen) atoms. The average molecular weight is 222 g/mol. The molecule has 1 rings (SSSR count). The SMILES string of the molecule is C=CCCOc1ccc(C(=O)OC)c(O)c1. The summed E-state index contributed by atoms with van der Waals surface area (Å²) in [4.78, 5) is 11.2. The van der Waals surface area contributed by atoms with Crippen molar-refractivity contribution in [1.29, 1.82) is 0 Å². The van der Waals surface area contributed by atoms with Gasteiger partial charge in [0, 0.05) is 6.07 Å². The number of ether oxygens (including phenoxy) is 2. The van der Waals surface area contributed by atoms with Crippen LogP contribution in [-0.2, 0) is 4.74 Å². The quantitative estimate of drug-likeness (QED) is 0.471. The van der Waals surface area contributed by atoms with Crippen LogP contribution in [0, 0.1) is 0 Å². The summed E-state index contributed by atoms with van der Waals surface area (Å²) >= 11 is 0. The molecule has 0 atom stereocenters. The second-order valence-corrected chi connectivity index (χ2v) is 3.10. The lowest BCUT2D eigenvalue weighted by atomic mass is 10.2. The first-order valence-electron chi connectivity index (χ1n) is 4.84. The Morgan fingerprint density at radius 1 is 1.56 bits per heavy atom. The van der Waals surface area contributed by atoms with Gasteiger partial charge in [0.1, 0.15) is 17.1 Å². The molecule has 4 nitrogen and oxygen atoms in total. The summed E-state index contributed by atoms with van der Waals surface area (Å²) in [5, 5.41) is 9.55. The van der Waals surface area contributed by atoms with Gasteiger partial charge in [-0.25, -0.2) is 4.79 Å². The second kappa shape index (κ2) is 5.80. The number of phenols is 1. The van der Waals surface area contributed by atoms with Crippen molar-refractivity contribution >= 4 is 5.97 Å². The molecule has 0 heterocycles. The fourth-order valence-electron chi connectivity index (χ4n) is 1.14. The summed E-state index contributed by atoms with van der Waals surface area (Å²) in [5.41, 5.74) is 0.124. The number of esters is 1. The van der Waals surface area contributed by atoms with Crippen LogP contribution in [0.1, 0.15) is 16.8 Å². The number of methoxy groups -OCH3 is 1. The van der Waals surface area contributed by atoms with Crippen LogP contribution in [0.15, 0.2) is 30.9 Å². The number of phenolic OH excluding ortho intramolecular Hbond substituents is 1. The van der Waals surface area contributed by atoms with E-state index in [9.17, 15) is 9.90 Å². The monoisotopic (exact) mass is 222 g/mol. The molecule has 0 radical (unpaired) electrons. The van der Waals surface area contributed by atoms with Crippen LogP contribution in [0.25, 0.3) is 0 Å². The van der Waals surface area contributed by atoms with Crippen LogP contribution in [0.2, 0.25) is 0 Å².